The molecule has 4 fully saturated rings. The van der Waals surface area contributed by atoms with Crippen LogP contribution in [0.25, 0.3) is 32.9 Å². The van der Waals surface area contributed by atoms with Crippen molar-refractivity contribution in [3.63, 3.8) is 0 Å². The van der Waals surface area contributed by atoms with Crippen molar-refractivity contribution in [2.45, 2.75) is 51.1 Å². The molecule has 9 nitrogen and oxygen atoms in total. The van der Waals surface area contributed by atoms with Gasteiger partial charge in [0.2, 0.25) is 0 Å². The molecule has 0 spiro atoms. The zero-order valence-corrected chi connectivity index (χ0v) is 24.7. The zero-order chi connectivity index (χ0) is 32.1. The summed E-state index contributed by atoms with van der Waals surface area (Å²) in [5.41, 5.74) is -0.519. The first kappa shape index (κ1) is 32.7. The van der Waals surface area contributed by atoms with Crippen LogP contribution in [0.15, 0.2) is 30.5 Å². The van der Waals surface area contributed by atoms with E-state index in [2.05, 4.69) is 25.8 Å². The van der Waals surface area contributed by atoms with Gasteiger partial charge in [-0.15, -0.1) is 6.42 Å². The number of benzene rings is 2. The number of ether oxygens (including phenoxy) is 2. The molecule has 4 aromatic rings. The summed E-state index contributed by atoms with van der Waals surface area (Å²) >= 11 is 0. The number of hydrogen-bond donors (Lipinski definition) is 2. The quantitative estimate of drug-likeness (QED) is 0.176. The standard InChI is InChI=1S/C26H19F3N4O4.C7H12FN.CH4/c1-2-14-18(27)4-3-12-7-13(35)8-15(19(12)14)22-21(29)23-16(9-30-22)25(32-26(31-23)37-11-34)33-5-6-36-10-17-20(28)24(17)33;8-6-4-7-2-1-3-9(7)5-6;/h1,3-4,7-9,17,20,24,34-35H,5-6,10-11H2;6-7H,1-5H2;1H4. The number of phenolic OH excluding ortho intramolecular Hbond substituents is 1. The summed E-state index contributed by atoms with van der Waals surface area (Å²) < 4.78 is 68.4. The molecule has 0 bridgehead atoms. The molecule has 8 rings (SSSR count). The summed E-state index contributed by atoms with van der Waals surface area (Å²) in [5.74, 6) is 0.318. The Hall–Kier alpha value is -4.25. The van der Waals surface area contributed by atoms with Gasteiger partial charge in [0, 0.05) is 42.2 Å². The summed E-state index contributed by atoms with van der Waals surface area (Å²) in [6.45, 7) is 1.95. The van der Waals surface area contributed by atoms with Crippen LogP contribution in [-0.4, -0.2) is 94.1 Å². The number of rotatable bonds is 4. The molecular weight excluding hydrogens is 618 g/mol. The number of pyridine rings is 1. The normalized spacial score (nSPS) is 24.9. The number of hydrogen-bond acceptors (Lipinski definition) is 9. The van der Waals surface area contributed by atoms with Crippen LogP contribution in [-0.2, 0) is 4.74 Å². The summed E-state index contributed by atoms with van der Waals surface area (Å²) in [7, 11) is 0. The van der Waals surface area contributed by atoms with Crippen molar-refractivity contribution in [1.82, 2.24) is 19.9 Å². The van der Waals surface area contributed by atoms with Crippen LogP contribution in [0.1, 0.15) is 32.3 Å². The van der Waals surface area contributed by atoms with Crippen LogP contribution >= 0.6 is 0 Å². The Kier molecular flexibility index (Phi) is 9.11. The lowest BCUT2D eigenvalue weighted by atomic mass is 9.96. The molecule has 4 aliphatic rings. The zero-order valence-electron chi connectivity index (χ0n) is 24.7. The van der Waals surface area contributed by atoms with Crippen molar-refractivity contribution < 1.29 is 37.2 Å². The van der Waals surface area contributed by atoms with Crippen LogP contribution in [0, 0.1) is 29.9 Å². The van der Waals surface area contributed by atoms with Crippen LogP contribution in [0.4, 0.5) is 23.4 Å². The van der Waals surface area contributed by atoms with Gasteiger partial charge >= 0.3 is 6.01 Å². The summed E-state index contributed by atoms with van der Waals surface area (Å²) in [6.07, 6.45) is 8.55. The summed E-state index contributed by atoms with van der Waals surface area (Å²) in [6, 6.07) is 4.98. The van der Waals surface area contributed by atoms with E-state index in [4.69, 9.17) is 15.9 Å². The molecule has 3 saturated heterocycles. The average molecular weight is 654 g/mol. The van der Waals surface area contributed by atoms with Crippen LogP contribution in [0.3, 0.4) is 0 Å². The van der Waals surface area contributed by atoms with Gasteiger partial charge in [0.15, 0.2) is 12.6 Å². The first-order valence-corrected chi connectivity index (χ1v) is 15.2. The van der Waals surface area contributed by atoms with Gasteiger partial charge in [-0.05, 0) is 49.4 Å². The predicted molar refractivity (Wildman–Crippen MR) is 169 cm³/mol. The smallest absolute Gasteiger partial charge is 0.321 e. The molecular formula is C34H35F4N5O4. The minimum Gasteiger partial charge on any atom is -0.508 e. The fraction of sp³-hybridized carbons (Fsp3) is 0.441. The molecule has 0 radical (unpaired) electrons. The lowest BCUT2D eigenvalue weighted by Crippen LogP contribution is -2.31. The molecule has 5 atom stereocenters. The van der Waals surface area contributed by atoms with Crippen molar-refractivity contribution in [1.29, 1.82) is 0 Å². The second kappa shape index (κ2) is 13.1. The number of aromatic nitrogens is 3. The SMILES string of the molecule is C.C#Cc1c(F)ccc2cc(O)cc(-c3ncc4c(N5CCOCC6C(F)C65)nc(OCO)nc4c3F)c12.FC1CC2CCCN2C1. The highest BCUT2D eigenvalue weighted by Crippen LogP contribution is 2.45. The lowest BCUT2D eigenvalue weighted by molar-refractivity contribution is 0.0897. The largest absolute Gasteiger partial charge is 0.508 e. The Morgan fingerprint density at radius 2 is 1.98 bits per heavy atom. The van der Waals surface area contributed by atoms with Crippen molar-refractivity contribution in [3.05, 3.63) is 47.7 Å². The average Bonchev–Trinajstić information content (AvgIpc) is 3.34. The van der Waals surface area contributed by atoms with Gasteiger partial charge in [-0.3, -0.25) is 9.88 Å². The molecule has 2 aromatic carbocycles. The first-order valence-electron chi connectivity index (χ1n) is 15.2. The van der Waals surface area contributed by atoms with Crippen LogP contribution < -0.4 is 9.64 Å². The summed E-state index contributed by atoms with van der Waals surface area (Å²) in [4.78, 5) is 16.7. The molecule has 1 aliphatic carbocycles. The number of aliphatic hydroxyl groups excluding tert-OH is 1. The number of nitrogens with zero attached hydrogens (tertiary/aromatic N) is 5. The molecule has 5 heterocycles. The molecule has 13 heteroatoms. The number of aromatic hydroxyl groups is 1. The maximum Gasteiger partial charge on any atom is 0.321 e. The molecule has 2 N–H and O–H groups in total. The van der Waals surface area contributed by atoms with E-state index >= 15 is 4.39 Å². The first-order chi connectivity index (χ1) is 22.3. The topological polar surface area (TPSA) is 104 Å². The van der Waals surface area contributed by atoms with Gasteiger partial charge in [0.25, 0.3) is 0 Å². The van der Waals surface area contributed by atoms with E-state index in [9.17, 15) is 23.4 Å². The molecule has 248 valence electrons. The van der Waals surface area contributed by atoms with Crippen molar-refractivity contribution in [2.75, 3.05) is 44.5 Å². The van der Waals surface area contributed by atoms with Gasteiger partial charge in [-0.25, -0.2) is 17.6 Å². The number of phenols is 1. The minimum absolute atomic E-state index is 0. The van der Waals surface area contributed by atoms with Crippen LogP contribution in [0.2, 0.25) is 0 Å². The van der Waals surface area contributed by atoms with Gasteiger partial charge < -0.3 is 24.6 Å². The Labute approximate surface area is 269 Å². The second-order valence-corrected chi connectivity index (χ2v) is 11.9. The van der Waals surface area contributed by atoms with E-state index in [0.717, 1.165) is 19.0 Å². The van der Waals surface area contributed by atoms with Gasteiger partial charge in [0.05, 0.1) is 30.2 Å². The van der Waals surface area contributed by atoms with Gasteiger partial charge in [-0.2, -0.15) is 9.97 Å². The monoisotopic (exact) mass is 653 g/mol. The third-order valence-electron chi connectivity index (χ3n) is 9.20. The van der Waals surface area contributed by atoms with E-state index in [-0.39, 0.29) is 77.2 Å². The maximum atomic E-state index is 16.2. The molecule has 3 aliphatic heterocycles. The number of halogens is 4. The Morgan fingerprint density at radius 3 is 2.74 bits per heavy atom. The number of fused-ring (bicyclic) bond motifs is 4. The Balaban J connectivity index is 0.000000332. The number of alkyl halides is 2. The fourth-order valence-corrected chi connectivity index (χ4v) is 7.02. The maximum absolute atomic E-state index is 16.2. The minimum atomic E-state index is -1.14. The van der Waals surface area contributed by atoms with Crippen molar-refractivity contribution >= 4 is 27.5 Å². The third-order valence-corrected chi connectivity index (χ3v) is 9.20. The molecule has 5 unspecified atom stereocenters. The highest BCUT2D eigenvalue weighted by Gasteiger charge is 2.56. The van der Waals surface area contributed by atoms with Gasteiger partial charge in [-0.1, -0.05) is 19.4 Å². The number of aliphatic hydroxyl groups is 1. The van der Waals surface area contributed by atoms with E-state index in [1.165, 1.54) is 37.2 Å². The third kappa shape index (κ3) is 5.90. The highest BCUT2D eigenvalue weighted by atomic mass is 19.1. The molecule has 0 amide bonds. The van der Waals surface area contributed by atoms with Crippen molar-refractivity contribution in [3.8, 4) is 35.4 Å². The predicted octanol–water partition coefficient (Wildman–Crippen LogP) is 5.14. The van der Waals surface area contributed by atoms with Crippen molar-refractivity contribution in [2.24, 2.45) is 5.92 Å². The number of terminal acetylenes is 1. The van der Waals surface area contributed by atoms with Crippen LogP contribution in [0.5, 0.6) is 11.8 Å². The number of anilines is 1. The lowest BCUT2D eigenvalue weighted by Gasteiger charge is -2.24. The second-order valence-electron chi connectivity index (χ2n) is 11.9. The Morgan fingerprint density at radius 1 is 1.15 bits per heavy atom. The van der Waals surface area contributed by atoms with E-state index < -0.39 is 36.8 Å². The van der Waals surface area contributed by atoms with E-state index in [0.29, 0.717) is 24.6 Å². The molecule has 47 heavy (non-hydrogen) atoms. The highest BCUT2D eigenvalue weighted by molar-refractivity contribution is 6.03. The fourth-order valence-electron chi connectivity index (χ4n) is 7.02. The Bertz CT molecular complexity index is 1840. The molecule has 2 aromatic heterocycles. The van der Waals surface area contributed by atoms with Gasteiger partial charge in [0.1, 0.15) is 40.9 Å². The van der Waals surface area contributed by atoms with E-state index in [1.54, 1.807) is 4.90 Å². The van der Waals surface area contributed by atoms with E-state index in [1.807, 2.05) is 0 Å². The summed E-state index contributed by atoms with van der Waals surface area (Å²) in [5, 5.41) is 20.3. The molecule has 1 saturated carbocycles.